The fourth-order valence-electron chi connectivity index (χ4n) is 2.70. The van der Waals surface area contributed by atoms with E-state index in [2.05, 4.69) is 15.0 Å². The maximum atomic E-state index is 14.4. The first-order chi connectivity index (χ1) is 13.1. The van der Waals surface area contributed by atoms with E-state index in [0.29, 0.717) is 32.9 Å². The minimum Gasteiger partial charge on any atom is -0.380 e. The summed E-state index contributed by atoms with van der Waals surface area (Å²) in [4.78, 5) is 4.44. The Kier molecular flexibility index (Phi) is 5.52. The van der Waals surface area contributed by atoms with E-state index in [0.717, 1.165) is 30.4 Å². The molecule has 0 radical (unpaired) electrons. The maximum Gasteiger partial charge on any atom is 0.147 e. The Balaban J connectivity index is 1.44. The first-order valence-corrected chi connectivity index (χ1v) is 10.6. The number of aromatic nitrogens is 1. The summed E-state index contributed by atoms with van der Waals surface area (Å²) in [6, 6.07) is 8.09. The second-order valence-corrected chi connectivity index (χ2v) is 8.29. The molecule has 1 fully saturated rings. The lowest BCUT2D eigenvalue weighted by atomic mass is 10.1. The molecule has 140 valence electrons. The van der Waals surface area contributed by atoms with Gasteiger partial charge in [0.05, 0.1) is 21.1 Å². The maximum absolute atomic E-state index is 14.4. The van der Waals surface area contributed by atoms with Gasteiger partial charge in [-0.15, -0.1) is 11.3 Å². The Labute approximate surface area is 169 Å². The zero-order valence-electron chi connectivity index (χ0n) is 14.1. The summed E-state index contributed by atoms with van der Waals surface area (Å²) in [6.07, 6.45) is 2.31. The van der Waals surface area contributed by atoms with Crippen LogP contribution in [0.15, 0.2) is 46.1 Å². The quantitative estimate of drug-likeness (QED) is 0.415. The van der Waals surface area contributed by atoms with E-state index in [4.69, 9.17) is 11.6 Å². The lowest BCUT2D eigenvalue weighted by Crippen LogP contribution is -2.04. The molecule has 0 spiro atoms. The van der Waals surface area contributed by atoms with Gasteiger partial charge in [-0.25, -0.2) is 13.8 Å². The molecule has 2 N–H and O–H groups in total. The predicted octanol–water partition coefficient (Wildman–Crippen LogP) is 6.68. The molecule has 0 aliphatic heterocycles. The van der Waals surface area contributed by atoms with Crippen LogP contribution < -0.4 is 10.0 Å². The number of hydrogen-bond acceptors (Lipinski definition) is 5. The number of benzene rings is 2. The van der Waals surface area contributed by atoms with E-state index in [-0.39, 0.29) is 12.4 Å². The summed E-state index contributed by atoms with van der Waals surface area (Å²) in [5.41, 5.74) is 3.84. The van der Waals surface area contributed by atoms with Crippen molar-refractivity contribution in [3.05, 3.63) is 69.0 Å². The largest absolute Gasteiger partial charge is 0.380 e. The van der Waals surface area contributed by atoms with Gasteiger partial charge in [0.15, 0.2) is 0 Å². The predicted molar refractivity (Wildman–Crippen MR) is 109 cm³/mol. The minimum atomic E-state index is -0.415. The number of anilines is 2. The molecule has 3 nitrogen and oxygen atoms in total. The van der Waals surface area contributed by atoms with Crippen molar-refractivity contribution >= 4 is 46.4 Å². The van der Waals surface area contributed by atoms with Gasteiger partial charge in [0.2, 0.25) is 0 Å². The molecule has 1 heterocycles. The second-order valence-electron chi connectivity index (χ2n) is 6.32. The van der Waals surface area contributed by atoms with Crippen molar-refractivity contribution in [2.75, 3.05) is 10.0 Å². The van der Waals surface area contributed by atoms with Gasteiger partial charge in [0, 0.05) is 17.5 Å². The molecule has 1 aliphatic rings. The summed E-state index contributed by atoms with van der Waals surface area (Å²) in [7, 11) is 0. The zero-order valence-corrected chi connectivity index (χ0v) is 16.5. The Bertz CT molecular complexity index is 946. The van der Waals surface area contributed by atoms with Crippen LogP contribution in [0.25, 0.3) is 0 Å². The average Bonchev–Trinajstić information content (AvgIpc) is 3.38. The number of nitrogens with zero attached hydrogens (tertiary/aromatic N) is 1. The molecule has 3 aromatic rings. The molecular formula is C19H16ClF2N3S2. The molecule has 0 saturated heterocycles. The number of hydrogen-bond donors (Lipinski definition) is 2. The molecule has 1 aliphatic carbocycles. The highest BCUT2D eigenvalue weighted by Gasteiger charge is 2.24. The van der Waals surface area contributed by atoms with Gasteiger partial charge in [-0.05, 0) is 54.5 Å². The van der Waals surface area contributed by atoms with Crippen molar-refractivity contribution in [1.82, 2.24) is 4.98 Å². The highest BCUT2D eigenvalue weighted by atomic mass is 35.5. The van der Waals surface area contributed by atoms with Crippen molar-refractivity contribution in [1.29, 1.82) is 0 Å². The summed E-state index contributed by atoms with van der Waals surface area (Å²) < 4.78 is 31.4. The molecule has 0 bridgehead atoms. The van der Waals surface area contributed by atoms with E-state index >= 15 is 0 Å². The van der Waals surface area contributed by atoms with Crippen molar-refractivity contribution < 1.29 is 8.78 Å². The van der Waals surface area contributed by atoms with Gasteiger partial charge in [-0.1, -0.05) is 23.7 Å². The number of halogens is 3. The lowest BCUT2D eigenvalue weighted by molar-refractivity contribution is 0.602. The Morgan fingerprint density at radius 1 is 1.19 bits per heavy atom. The summed E-state index contributed by atoms with van der Waals surface area (Å²) in [6.45, 7) is 0.245. The summed E-state index contributed by atoms with van der Waals surface area (Å²) >= 11 is 8.84. The van der Waals surface area contributed by atoms with Crippen LogP contribution in [0, 0.1) is 11.6 Å². The Hall–Kier alpha value is -1.83. The van der Waals surface area contributed by atoms with E-state index in [1.165, 1.54) is 23.5 Å². The highest BCUT2D eigenvalue weighted by Crippen LogP contribution is 2.40. The third kappa shape index (κ3) is 4.54. The molecule has 8 heteroatoms. The summed E-state index contributed by atoms with van der Waals surface area (Å²) in [5.74, 6) is 0.519. The third-order valence-corrected chi connectivity index (χ3v) is 6.05. The van der Waals surface area contributed by atoms with Crippen LogP contribution in [0.1, 0.15) is 29.9 Å². The average molecular weight is 424 g/mol. The SMILES string of the molecule is Fc1ccc(C2CC2)cc1CNc1cc(F)c(SNc2cscn2)cc1Cl. The third-order valence-electron chi connectivity index (χ3n) is 4.31. The van der Waals surface area contributed by atoms with Gasteiger partial charge in [0.25, 0.3) is 0 Å². The molecular weight excluding hydrogens is 408 g/mol. The van der Waals surface area contributed by atoms with Crippen molar-refractivity contribution in [2.45, 2.75) is 30.2 Å². The van der Waals surface area contributed by atoms with Crippen LogP contribution in [0.4, 0.5) is 20.3 Å². The zero-order chi connectivity index (χ0) is 18.8. The molecule has 2 aromatic carbocycles. The van der Waals surface area contributed by atoms with E-state index < -0.39 is 5.82 Å². The topological polar surface area (TPSA) is 37.0 Å². The van der Waals surface area contributed by atoms with Crippen LogP contribution >= 0.6 is 34.9 Å². The first kappa shape index (κ1) is 18.5. The van der Waals surface area contributed by atoms with Crippen LogP contribution in [0.3, 0.4) is 0 Å². The molecule has 0 unspecified atom stereocenters. The summed E-state index contributed by atoms with van der Waals surface area (Å²) in [5, 5.41) is 5.24. The van der Waals surface area contributed by atoms with E-state index in [9.17, 15) is 8.78 Å². The fraction of sp³-hybridized carbons (Fsp3) is 0.211. The number of thiazole rings is 1. The van der Waals surface area contributed by atoms with Gasteiger partial charge in [0.1, 0.15) is 17.5 Å². The monoisotopic (exact) mass is 423 g/mol. The standard InChI is InChI=1S/C19H16ClF2N3S2/c20-14-6-18(27-25-19-9-26-10-24-19)16(22)7-17(14)23-8-13-5-12(11-1-2-11)3-4-15(13)21/h3-7,9-11,23,25H,1-2,8H2. The molecule has 1 aromatic heterocycles. The molecule has 0 amide bonds. The Morgan fingerprint density at radius 2 is 2.04 bits per heavy atom. The van der Waals surface area contributed by atoms with Gasteiger partial charge in [-0.2, -0.15) is 0 Å². The number of rotatable bonds is 7. The van der Waals surface area contributed by atoms with E-state index in [1.807, 2.05) is 17.5 Å². The lowest BCUT2D eigenvalue weighted by Gasteiger charge is -2.12. The molecule has 1 saturated carbocycles. The van der Waals surface area contributed by atoms with Crippen LogP contribution in [-0.2, 0) is 6.54 Å². The van der Waals surface area contributed by atoms with Crippen LogP contribution in [0.2, 0.25) is 5.02 Å². The smallest absolute Gasteiger partial charge is 0.147 e. The van der Waals surface area contributed by atoms with Crippen molar-refractivity contribution in [3.8, 4) is 0 Å². The number of nitrogens with one attached hydrogen (secondary N) is 2. The van der Waals surface area contributed by atoms with Gasteiger partial charge < -0.3 is 10.0 Å². The van der Waals surface area contributed by atoms with Crippen LogP contribution in [-0.4, -0.2) is 4.98 Å². The normalized spacial score (nSPS) is 13.6. The molecule has 4 rings (SSSR count). The van der Waals surface area contributed by atoms with Gasteiger partial charge in [-0.3, -0.25) is 0 Å². The van der Waals surface area contributed by atoms with Crippen molar-refractivity contribution in [2.24, 2.45) is 0 Å². The first-order valence-electron chi connectivity index (χ1n) is 8.42. The fourth-order valence-corrected chi connectivity index (χ4v) is 4.22. The molecule has 27 heavy (non-hydrogen) atoms. The minimum absolute atomic E-state index is 0.245. The molecule has 0 atom stereocenters. The second kappa shape index (κ2) is 8.04. The Morgan fingerprint density at radius 3 is 2.78 bits per heavy atom. The van der Waals surface area contributed by atoms with Crippen LogP contribution in [0.5, 0.6) is 0 Å². The van der Waals surface area contributed by atoms with Crippen molar-refractivity contribution in [3.63, 3.8) is 0 Å². The van der Waals surface area contributed by atoms with Gasteiger partial charge >= 0.3 is 0 Å². The highest BCUT2D eigenvalue weighted by molar-refractivity contribution is 8.00. The van der Waals surface area contributed by atoms with E-state index in [1.54, 1.807) is 11.6 Å².